The molecule has 0 saturated heterocycles. The molecule has 14 nitrogen and oxygen atoms in total. The highest BCUT2D eigenvalue weighted by Crippen LogP contribution is 2.41. The van der Waals surface area contributed by atoms with Crippen molar-refractivity contribution in [2.45, 2.75) is 241 Å². The maximum Gasteiger partial charge on any atom is 0.269 e. The normalized spacial score (nSPS) is 10.9. The van der Waals surface area contributed by atoms with Crippen molar-refractivity contribution >= 4 is 23.6 Å². The summed E-state index contributed by atoms with van der Waals surface area (Å²) < 4.78 is 37.9. The van der Waals surface area contributed by atoms with Crippen LogP contribution in [0.2, 0.25) is 0 Å². The number of unbranched alkanes of at least 4 members (excludes halogenated alkanes) is 24. The average Bonchev–Trinajstić information content (AvgIpc) is 3.39. The second kappa shape index (κ2) is 43.5. The van der Waals surface area contributed by atoms with Crippen LogP contribution >= 0.6 is 0 Å². The summed E-state index contributed by atoms with van der Waals surface area (Å²) in [6.45, 7) is 15.9. The number of hydrogen-bond donors (Lipinski definition) is 4. The Kier molecular flexibility index (Phi) is 38.3. The van der Waals surface area contributed by atoms with E-state index in [0.717, 1.165) is 180 Å². The van der Waals surface area contributed by atoms with Gasteiger partial charge in [0.2, 0.25) is 23.3 Å². The summed E-state index contributed by atoms with van der Waals surface area (Å²) in [5, 5.41) is 0. The van der Waals surface area contributed by atoms with Crippen molar-refractivity contribution in [1.82, 2.24) is 21.7 Å². The minimum Gasteiger partial charge on any atom is -0.490 e. The number of hydrazine groups is 2. The summed E-state index contributed by atoms with van der Waals surface area (Å²) >= 11 is 0. The Morgan fingerprint density at radius 1 is 0.301 bits per heavy atom. The van der Waals surface area contributed by atoms with Crippen LogP contribution < -0.4 is 50.1 Å². The van der Waals surface area contributed by atoms with E-state index in [2.05, 4.69) is 63.2 Å². The minimum atomic E-state index is -0.796. The first kappa shape index (κ1) is 64.2. The molecule has 0 heterocycles. The molecule has 2 rings (SSSR count). The van der Waals surface area contributed by atoms with E-state index in [1.807, 2.05) is 0 Å². The van der Waals surface area contributed by atoms with E-state index in [-0.39, 0.29) is 11.1 Å². The summed E-state index contributed by atoms with van der Waals surface area (Å²) in [7, 11) is 0. The third-order valence-corrected chi connectivity index (χ3v) is 12.5. The zero-order valence-corrected chi connectivity index (χ0v) is 46.6. The van der Waals surface area contributed by atoms with Crippen molar-refractivity contribution in [1.29, 1.82) is 0 Å². The zero-order valence-electron chi connectivity index (χ0n) is 46.6. The van der Waals surface area contributed by atoms with E-state index in [1.54, 1.807) is 24.3 Å². The van der Waals surface area contributed by atoms with Gasteiger partial charge >= 0.3 is 0 Å². The maximum atomic E-state index is 13.7. The van der Waals surface area contributed by atoms with E-state index in [4.69, 9.17) is 28.4 Å². The third-order valence-electron chi connectivity index (χ3n) is 12.5. The molecule has 73 heavy (non-hydrogen) atoms. The molecule has 0 aromatic heterocycles. The van der Waals surface area contributed by atoms with E-state index in [1.165, 1.54) is 12.8 Å². The van der Waals surface area contributed by atoms with Gasteiger partial charge in [0.25, 0.3) is 11.8 Å². The van der Waals surface area contributed by atoms with Crippen LogP contribution in [-0.2, 0) is 9.59 Å². The van der Waals surface area contributed by atoms with Gasteiger partial charge in [-0.15, -0.1) is 0 Å². The topological polar surface area (TPSA) is 172 Å². The molecule has 0 aliphatic rings. The van der Waals surface area contributed by atoms with E-state index in [0.29, 0.717) is 74.1 Å². The number of rotatable bonds is 46. The average molecular weight is 1030 g/mol. The van der Waals surface area contributed by atoms with Crippen LogP contribution in [0.5, 0.6) is 34.5 Å². The molecule has 0 atom stereocenters. The molecule has 4 amide bonds. The summed E-state index contributed by atoms with van der Waals surface area (Å²) in [4.78, 5) is 53.4. The number of nitrogens with one attached hydrogen (secondary N) is 4. The van der Waals surface area contributed by atoms with Gasteiger partial charge in [-0.1, -0.05) is 196 Å². The molecule has 0 aliphatic heterocycles. The number of hydrogen-bond acceptors (Lipinski definition) is 10. The summed E-state index contributed by atoms with van der Waals surface area (Å²) in [5.41, 5.74) is 9.92. The van der Waals surface area contributed by atoms with Crippen LogP contribution in [0, 0.1) is 0 Å². The Labute approximate surface area is 441 Å². The van der Waals surface area contributed by atoms with Crippen LogP contribution in [0.4, 0.5) is 0 Å². The number of amides is 4. The number of ether oxygens (including phenoxy) is 6. The lowest BCUT2D eigenvalue weighted by molar-refractivity contribution is -0.130. The molecule has 0 radical (unpaired) electrons. The molecule has 0 saturated carbocycles. The Morgan fingerprint density at radius 3 is 0.753 bits per heavy atom. The van der Waals surface area contributed by atoms with Crippen LogP contribution in [0.15, 0.2) is 24.3 Å². The Bertz CT molecular complexity index is 1570. The fraction of sp³-hybridized carbons (Fsp3) is 0.729. The first-order chi connectivity index (χ1) is 35.7. The van der Waals surface area contributed by atoms with Gasteiger partial charge in [0.05, 0.1) is 39.6 Å². The zero-order chi connectivity index (χ0) is 53.0. The molecule has 0 bridgehead atoms. The van der Waals surface area contributed by atoms with Gasteiger partial charge in [0, 0.05) is 11.1 Å². The second-order valence-corrected chi connectivity index (χ2v) is 19.4. The van der Waals surface area contributed by atoms with Gasteiger partial charge in [-0.2, -0.15) is 0 Å². The molecule has 0 spiro atoms. The predicted octanol–water partition coefficient (Wildman–Crippen LogP) is 14.4. The van der Waals surface area contributed by atoms with Gasteiger partial charge in [-0.3, -0.25) is 40.9 Å². The lowest BCUT2D eigenvalue weighted by Gasteiger charge is -2.19. The predicted molar refractivity (Wildman–Crippen MR) is 294 cm³/mol. The van der Waals surface area contributed by atoms with Crippen LogP contribution in [0.1, 0.15) is 261 Å². The van der Waals surface area contributed by atoms with Crippen molar-refractivity contribution < 1.29 is 47.6 Å². The van der Waals surface area contributed by atoms with Crippen LogP contribution in [0.3, 0.4) is 0 Å². The molecular weight excluding hydrogens is 925 g/mol. The second-order valence-electron chi connectivity index (χ2n) is 19.4. The van der Waals surface area contributed by atoms with Crippen molar-refractivity contribution in [3.63, 3.8) is 0 Å². The summed E-state index contributed by atoms with van der Waals surface area (Å²) in [5.74, 6) is -0.294. The van der Waals surface area contributed by atoms with Crippen LogP contribution in [-0.4, -0.2) is 63.3 Å². The lowest BCUT2D eigenvalue weighted by atomic mass is 10.1. The van der Waals surface area contributed by atoms with Crippen LogP contribution in [0.25, 0.3) is 0 Å². The maximum absolute atomic E-state index is 13.7. The molecule has 416 valence electrons. The molecule has 2 aromatic rings. The van der Waals surface area contributed by atoms with Gasteiger partial charge in [0.1, 0.15) is 6.42 Å². The first-order valence-corrected chi connectivity index (χ1v) is 29.0. The SMILES string of the molecule is CCCCCCCOc1cc(C(=O)NNC(=O)CC(=O)NNC(=O)c2cc(OCCCCCCC)c(OCCCCCCC)c(OCCCCCCC)c2)cc(OCCCCCCC)c1OCCCCCCC. The highest BCUT2D eigenvalue weighted by atomic mass is 16.5. The van der Waals surface area contributed by atoms with Crippen molar-refractivity contribution in [3.05, 3.63) is 35.4 Å². The van der Waals surface area contributed by atoms with Gasteiger partial charge in [0.15, 0.2) is 23.0 Å². The largest absolute Gasteiger partial charge is 0.490 e. The molecule has 0 fully saturated rings. The number of carbonyl (C=O) groups is 4. The van der Waals surface area contributed by atoms with Crippen molar-refractivity contribution in [2.24, 2.45) is 0 Å². The Balaban J connectivity index is 2.22. The van der Waals surface area contributed by atoms with Crippen molar-refractivity contribution in [3.8, 4) is 34.5 Å². The lowest BCUT2D eigenvalue weighted by Crippen LogP contribution is -2.46. The monoisotopic (exact) mass is 1020 g/mol. The molecular formula is C59H100N4O10. The molecule has 0 aliphatic carbocycles. The standard InChI is InChI=1S/C59H100N4O10/c1-7-13-19-25-31-37-68-50-43-48(44-51(69-38-32-26-20-14-8-2)56(50)72-41-35-29-23-17-11-5)58(66)62-60-54(64)47-55(65)61-63-59(67)49-45-52(70-39-33-27-21-15-9-3)57(73-42-36-30-24-18-12-6)53(46-49)71-40-34-28-22-16-10-4/h43-46H,7-42,47H2,1-6H3,(H,60,64)(H,61,65)(H,62,66)(H,63,67). The third kappa shape index (κ3) is 30.2. The fourth-order valence-electron chi connectivity index (χ4n) is 8.07. The first-order valence-electron chi connectivity index (χ1n) is 29.0. The molecule has 0 unspecified atom stereocenters. The highest BCUT2D eigenvalue weighted by molar-refractivity contribution is 6.01. The minimum absolute atomic E-state index is 0.192. The van der Waals surface area contributed by atoms with Gasteiger partial charge in [-0.25, -0.2) is 0 Å². The summed E-state index contributed by atoms with van der Waals surface area (Å²) in [6.07, 6.45) is 31.3. The Morgan fingerprint density at radius 2 is 0.521 bits per heavy atom. The molecule has 4 N–H and O–H groups in total. The van der Waals surface area contributed by atoms with Gasteiger partial charge in [-0.05, 0) is 62.8 Å². The van der Waals surface area contributed by atoms with Gasteiger partial charge < -0.3 is 28.4 Å². The molecule has 14 heteroatoms. The number of benzene rings is 2. The van der Waals surface area contributed by atoms with E-state index >= 15 is 0 Å². The smallest absolute Gasteiger partial charge is 0.269 e. The van der Waals surface area contributed by atoms with Crippen molar-refractivity contribution in [2.75, 3.05) is 39.6 Å². The summed E-state index contributed by atoms with van der Waals surface area (Å²) in [6, 6.07) is 6.44. The highest BCUT2D eigenvalue weighted by Gasteiger charge is 2.22. The fourth-order valence-corrected chi connectivity index (χ4v) is 8.07. The van der Waals surface area contributed by atoms with E-state index < -0.39 is 30.0 Å². The number of carbonyl (C=O) groups excluding carboxylic acids is 4. The van der Waals surface area contributed by atoms with E-state index in [9.17, 15) is 19.2 Å². The molecule has 2 aromatic carbocycles. The quantitative estimate of drug-likeness (QED) is 0.0284. The Hall–Kier alpha value is -4.88.